The van der Waals surface area contributed by atoms with Crippen LogP contribution in [-0.4, -0.2) is 27.3 Å². The molecule has 1 aromatic carbocycles. The van der Waals surface area contributed by atoms with Crippen LogP contribution >= 0.6 is 23.1 Å². The molecule has 0 saturated heterocycles. The molecule has 0 amide bonds. The van der Waals surface area contributed by atoms with Gasteiger partial charge in [0.1, 0.15) is 10.4 Å². The molecule has 151 valence electrons. The van der Waals surface area contributed by atoms with E-state index in [2.05, 4.69) is 4.98 Å². The molecule has 2 aromatic heterocycles. The second-order valence-corrected chi connectivity index (χ2v) is 7.23. The molecule has 1 radical (unpaired) electrons. The quantitative estimate of drug-likeness (QED) is 0.373. The number of halogens is 2. The summed E-state index contributed by atoms with van der Waals surface area (Å²) < 4.78 is 27.9. The summed E-state index contributed by atoms with van der Waals surface area (Å²) in [6.45, 7) is 5.04. The number of fused-ring (bicyclic) bond motifs is 1. The molecule has 0 aliphatic carbocycles. The molecule has 0 aliphatic rings. The maximum absolute atomic E-state index is 13.0. The van der Waals surface area contributed by atoms with Crippen molar-refractivity contribution in [3.63, 3.8) is 0 Å². The van der Waals surface area contributed by atoms with Gasteiger partial charge >= 0.3 is 0 Å². The number of thioether (sulfide) groups is 1. The van der Waals surface area contributed by atoms with Gasteiger partial charge in [-0.1, -0.05) is 49.9 Å². The Morgan fingerprint density at radius 1 is 1.29 bits per heavy atom. The van der Waals surface area contributed by atoms with Gasteiger partial charge in [-0.05, 0) is 24.3 Å². The van der Waals surface area contributed by atoms with Crippen molar-refractivity contribution in [2.45, 2.75) is 38.1 Å². The Morgan fingerprint density at radius 3 is 2.43 bits per heavy atom. The molecule has 0 fully saturated rings. The van der Waals surface area contributed by atoms with Crippen LogP contribution in [0.25, 0.3) is 21.5 Å². The number of aromatic hydroxyl groups is 1. The summed E-state index contributed by atoms with van der Waals surface area (Å²) in [5.41, 5.74) is 0.793. The molecule has 0 bridgehead atoms. The second-order valence-electron chi connectivity index (χ2n) is 5.18. The molecular formula is C19H23F2N2O2S2Y-. The van der Waals surface area contributed by atoms with Crippen molar-refractivity contribution in [2.75, 3.05) is 6.26 Å². The summed E-state index contributed by atoms with van der Waals surface area (Å²) >= 11 is 2.52. The van der Waals surface area contributed by atoms with E-state index in [-0.39, 0.29) is 57.1 Å². The van der Waals surface area contributed by atoms with E-state index in [1.807, 2.05) is 19.9 Å². The fraction of sp³-hybridized carbons (Fsp3) is 0.316. The fourth-order valence-corrected chi connectivity index (χ4v) is 4.08. The summed E-state index contributed by atoms with van der Waals surface area (Å²) in [6, 6.07) is 7.05. The van der Waals surface area contributed by atoms with Gasteiger partial charge in [0.2, 0.25) is 0 Å². The number of aryl methyl sites for hydroxylation is 1. The monoisotopic (exact) mass is 502 g/mol. The first-order chi connectivity index (χ1) is 12.4. The Bertz CT molecular complexity index is 974. The summed E-state index contributed by atoms with van der Waals surface area (Å²) in [5.74, 6) is -0.201. The standard InChI is InChI=1S/C16H14F2N2O2S2.C2H6.CH3.Y/c1-8-5-3-4-6-9(8)11-12(21)13-14(19-16(23-2)24-13)20(15(11)22)7-10(17)18;1-2;;/h3-6,10,21H,7H2,1-2H3;1-2H3;1H3;/q;;-1;. The molecular weight excluding hydrogens is 479 g/mol. The van der Waals surface area contributed by atoms with Crippen molar-refractivity contribution >= 4 is 33.4 Å². The number of hydrogen-bond donors (Lipinski definition) is 1. The SMILES string of the molecule is CC.CSc1nc2c(s1)c(O)c(-c1ccccc1C)c(=O)n2CC(F)F.[CH3-].[Y]. The minimum Gasteiger partial charge on any atom is -0.505 e. The van der Waals surface area contributed by atoms with Gasteiger partial charge in [0, 0.05) is 32.7 Å². The number of thiazole rings is 1. The van der Waals surface area contributed by atoms with Gasteiger partial charge in [0.15, 0.2) is 9.99 Å². The van der Waals surface area contributed by atoms with Crippen LogP contribution in [0.1, 0.15) is 19.4 Å². The van der Waals surface area contributed by atoms with Crippen LogP contribution in [0.3, 0.4) is 0 Å². The first-order valence-electron chi connectivity index (χ1n) is 8.08. The zero-order chi connectivity index (χ0) is 19.4. The molecule has 0 saturated carbocycles. The third-order valence-corrected chi connectivity index (χ3v) is 5.70. The van der Waals surface area contributed by atoms with Gasteiger partial charge in [-0.25, -0.2) is 13.8 Å². The van der Waals surface area contributed by atoms with E-state index >= 15 is 0 Å². The van der Waals surface area contributed by atoms with Crippen molar-refractivity contribution in [3.8, 4) is 16.9 Å². The van der Waals surface area contributed by atoms with Crippen LogP contribution in [0.4, 0.5) is 8.78 Å². The van der Waals surface area contributed by atoms with Crippen molar-refractivity contribution in [2.24, 2.45) is 0 Å². The van der Waals surface area contributed by atoms with E-state index < -0.39 is 18.5 Å². The van der Waals surface area contributed by atoms with Crippen molar-refractivity contribution in [1.82, 2.24) is 9.55 Å². The van der Waals surface area contributed by atoms with Crippen LogP contribution in [0.15, 0.2) is 33.4 Å². The maximum Gasteiger partial charge on any atom is 0.264 e. The Balaban J connectivity index is 0.00000177. The average Bonchev–Trinajstić information content (AvgIpc) is 3.06. The van der Waals surface area contributed by atoms with E-state index in [9.17, 15) is 18.7 Å². The van der Waals surface area contributed by atoms with E-state index in [0.717, 1.165) is 10.1 Å². The van der Waals surface area contributed by atoms with Crippen LogP contribution in [0.2, 0.25) is 0 Å². The average molecular weight is 502 g/mol. The predicted octanol–water partition coefficient (Wildman–Crippen LogP) is 5.60. The van der Waals surface area contributed by atoms with Gasteiger partial charge in [-0.3, -0.25) is 9.36 Å². The Hall–Kier alpha value is -0.826. The van der Waals surface area contributed by atoms with Crippen molar-refractivity contribution in [3.05, 3.63) is 47.6 Å². The van der Waals surface area contributed by atoms with Gasteiger partial charge in [-0.2, -0.15) is 0 Å². The predicted molar refractivity (Wildman–Crippen MR) is 111 cm³/mol. The summed E-state index contributed by atoms with van der Waals surface area (Å²) in [7, 11) is 0. The normalized spacial score (nSPS) is 10.1. The molecule has 0 spiro atoms. The molecule has 4 nitrogen and oxygen atoms in total. The Labute approximate surface area is 197 Å². The van der Waals surface area contributed by atoms with E-state index in [1.54, 1.807) is 31.4 Å². The number of nitrogens with zero attached hydrogens (tertiary/aromatic N) is 2. The number of benzene rings is 1. The number of rotatable bonds is 4. The first-order valence-corrected chi connectivity index (χ1v) is 10.1. The van der Waals surface area contributed by atoms with Crippen molar-refractivity contribution in [1.29, 1.82) is 0 Å². The smallest absolute Gasteiger partial charge is 0.264 e. The molecule has 0 aliphatic heterocycles. The number of hydrogen-bond acceptors (Lipinski definition) is 5. The van der Waals surface area contributed by atoms with Crippen LogP contribution < -0.4 is 5.56 Å². The molecule has 3 aromatic rings. The van der Waals surface area contributed by atoms with Crippen LogP contribution in [-0.2, 0) is 39.3 Å². The zero-order valence-corrected chi connectivity index (χ0v) is 21.0. The molecule has 3 rings (SSSR count). The van der Waals surface area contributed by atoms with E-state index in [0.29, 0.717) is 14.6 Å². The minimum absolute atomic E-state index is 0. The molecule has 2 heterocycles. The first kappa shape index (κ1) is 27.2. The van der Waals surface area contributed by atoms with Gasteiger partial charge in [0.05, 0.1) is 12.1 Å². The second kappa shape index (κ2) is 12.0. The maximum atomic E-state index is 13.0. The topological polar surface area (TPSA) is 55.1 Å². The summed E-state index contributed by atoms with van der Waals surface area (Å²) in [6.07, 6.45) is -0.897. The molecule has 1 N–H and O–H groups in total. The third-order valence-electron chi connectivity index (χ3n) is 3.67. The van der Waals surface area contributed by atoms with E-state index in [4.69, 9.17) is 0 Å². The number of pyridine rings is 1. The third kappa shape index (κ3) is 5.40. The van der Waals surface area contributed by atoms with Gasteiger partial charge in [-0.15, -0.1) is 11.3 Å². The minimum atomic E-state index is -2.69. The Morgan fingerprint density at radius 2 is 1.89 bits per heavy atom. The summed E-state index contributed by atoms with van der Waals surface area (Å²) in [5, 5.41) is 10.6. The van der Waals surface area contributed by atoms with Gasteiger partial charge in [0.25, 0.3) is 12.0 Å². The zero-order valence-electron chi connectivity index (χ0n) is 16.5. The Kier molecular flexibility index (Phi) is 11.6. The van der Waals surface area contributed by atoms with Gasteiger partial charge < -0.3 is 12.5 Å². The van der Waals surface area contributed by atoms with Crippen molar-refractivity contribution < 1.29 is 46.6 Å². The molecule has 9 heteroatoms. The summed E-state index contributed by atoms with van der Waals surface area (Å²) in [4.78, 5) is 17.0. The number of alkyl halides is 2. The largest absolute Gasteiger partial charge is 0.505 e. The molecule has 0 atom stereocenters. The van der Waals surface area contributed by atoms with Crippen LogP contribution in [0.5, 0.6) is 5.75 Å². The molecule has 28 heavy (non-hydrogen) atoms. The molecule has 0 unspecified atom stereocenters. The fourth-order valence-electron chi connectivity index (χ4n) is 2.57. The number of aromatic nitrogens is 2. The van der Waals surface area contributed by atoms with Crippen LogP contribution in [0, 0.1) is 14.4 Å². The van der Waals surface area contributed by atoms with E-state index in [1.165, 1.54) is 23.1 Å².